The maximum atomic E-state index is 12.9. The molecule has 0 saturated carbocycles. The fourth-order valence-electron chi connectivity index (χ4n) is 4.40. The summed E-state index contributed by atoms with van der Waals surface area (Å²) in [4.78, 5) is 25.0. The van der Waals surface area contributed by atoms with E-state index in [1.54, 1.807) is 6.07 Å². The summed E-state index contributed by atoms with van der Waals surface area (Å²) < 4.78 is 32.4. The number of nitrogens with zero attached hydrogens (tertiary/aromatic N) is 1. The molecule has 4 rings (SSSR count). The predicted molar refractivity (Wildman–Crippen MR) is 121 cm³/mol. The number of carbonyl (C=O) groups excluding carboxylic acids is 2. The van der Waals surface area contributed by atoms with Gasteiger partial charge in [-0.25, -0.2) is 13.2 Å². The molecule has 0 radical (unpaired) electrons. The Labute approximate surface area is 189 Å². The highest BCUT2D eigenvalue weighted by atomic mass is 32.2. The van der Waals surface area contributed by atoms with Crippen molar-refractivity contribution in [3.8, 4) is 0 Å². The maximum Gasteiger partial charge on any atom is 0.338 e. The molecule has 0 unspecified atom stereocenters. The molecule has 1 aliphatic heterocycles. The number of fused-ring (bicyclic) bond motifs is 1. The Hall–Kier alpha value is -2.51. The van der Waals surface area contributed by atoms with E-state index in [9.17, 15) is 18.0 Å². The van der Waals surface area contributed by atoms with Gasteiger partial charge in [-0.2, -0.15) is 4.31 Å². The van der Waals surface area contributed by atoms with Crippen LogP contribution in [-0.4, -0.2) is 44.2 Å². The SMILES string of the molecule is O=C(COC(=O)c1ccc(S(=O)(=O)N2CCCCCC2)cc1)c1ccc2c(c1)CCCC2. The molecule has 170 valence electrons. The first kappa shape index (κ1) is 22.7. The zero-order valence-electron chi connectivity index (χ0n) is 18.2. The number of Topliss-reactive ketones (excluding diaryl/α,β-unsaturated/α-hetero) is 1. The van der Waals surface area contributed by atoms with E-state index in [1.165, 1.54) is 46.1 Å². The van der Waals surface area contributed by atoms with Crippen LogP contribution in [0.3, 0.4) is 0 Å². The molecule has 6 nitrogen and oxygen atoms in total. The first-order valence-electron chi connectivity index (χ1n) is 11.4. The van der Waals surface area contributed by atoms with Crippen molar-refractivity contribution in [2.45, 2.75) is 56.3 Å². The minimum Gasteiger partial charge on any atom is -0.454 e. The van der Waals surface area contributed by atoms with Crippen molar-refractivity contribution in [2.75, 3.05) is 19.7 Å². The van der Waals surface area contributed by atoms with E-state index in [1.807, 2.05) is 12.1 Å². The lowest BCUT2D eigenvalue weighted by Gasteiger charge is -2.20. The molecule has 0 spiro atoms. The Kier molecular flexibility index (Phi) is 7.06. The Morgan fingerprint density at radius 1 is 0.781 bits per heavy atom. The highest BCUT2D eigenvalue weighted by Gasteiger charge is 2.25. The number of aryl methyl sites for hydroxylation is 2. The van der Waals surface area contributed by atoms with Crippen molar-refractivity contribution in [2.24, 2.45) is 0 Å². The number of rotatable bonds is 6. The third-order valence-corrected chi connectivity index (χ3v) is 8.21. The Balaban J connectivity index is 1.37. The number of hydrogen-bond acceptors (Lipinski definition) is 5. The van der Waals surface area contributed by atoms with Crippen LogP contribution in [0.25, 0.3) is 0 Å². The first-order chi connectivity index (χ1) is 15.4. The molecule has 2 aromatic carbocycles. The highest BCUT2D eigenvalue weighted by molar-refractivity contribution is 7.89. The molecule has 32 heavy (non-hydrogen) atoms. The third-order valence-electron chi connectivity index (χ3n) is 6.30. The summed E-state index contributed by atoms with van der Waals surface area (Å²) in [5, 5.41) is 0. The predicted octanol–water partition coefficient (Wildman–Crippen LogP) is 4.17. The van der Waals surface area contributed by atoms with E-state index >= 15 is 0 Å². The molecular formula is C25H29NO5S. The normalized spacial score (nSPS) is 17.2. The van der Waals surface area contributed by atoms with Gasteiger partial charge in [-0.1, -0.05) is 25.0 Å². The van der Waals surface area contributed by atoms with E-state index in [2.05, 4.69) is 0 Å². The monoisotopic (exact) mass is 455 g/mol. The average molecular weight is 456 g/mol. The fraction of sp³-hybridized carbons (Fsp3) is 0.440. The molecule has 0 bridgehead atoms. The maximum absolute atomic E-state index is 12.9. The zero-order chi connectivity index (χ0) is 22.6. The quantitative estimate of drug-likeness (QED) is 0.482. The number of benzene rings is 2. The first-order valence-corrected chi connectivity index (χ1v) is 12.8. The average Bonchev–Trinajstić information content (AvgIpc) is 3.12. The number of ether oxygens (including phenoxy) is 1. The van der Waals surface area contributed by atoms with Crippen LogP contribution >= 0.6 is 0 Å². The number of esters is 1. The van der Waals surface area contributed by atoms with Crippen LogP contribution in [0, 0.1) is 0 Å². The van der Waals surface area contributed by atoms with Crippen molar-refractivity contribution >= 4 is 21.8 Å². The number of ketones is 1. The van der Waals surface area contributed by atoms with E-state index in [0.29, 0.717) is 18.7 Å². The summed E-state index contributed by atoms with van der Waals surface area (Å²) in [5.74, 6) is -0.887. The van der Waals surface area contributed by atoms with Gasteiger partial charge < -0.3 is 4.74 Å². The van der Waals surface area contributed by atoms with Crippen molar-refractivity contribution in [1.29, 1.82) is 0 Å². The minimum absolute atomic E-state index is 0.168. The standard InChI is InChI=1S/C25H29NO5S/c27-24(22-10-9-19-7-3-4-8-21(19)17-22)18-31-25(28)20-11-13-23(14-12-20)32(29,30)26-15-5-1-2-6-16-26/h9-14,17H,1-8,15-16,18H2. The lowest BCUT2D eigenvalue weighted by Crippen LogP contribution is -2.31. The zero-order valence-corrected chi connectivity index (χ0v) is 19.0. The van der Waals surface area contributed by atoms with Gasteiger partial charge in [0.1, 0.15) is 0 Å². The van der Waals surface area contributed by atoms with Crippen molar-refractivity contribution in [3.05, 3.63) is 64.7 Å². The molecule has 0 aromatic heterocycles. The molecule has 0 N–H and O–H groups in total. The molecule has 2 aromatic rings. The lowest BCUT2D eigenvalue weighted by atomic mass is 9.90. The molecule has 7 heteroatoms. The van der Waals surface area contributed by atoms with Crippen LogP contribution in [0.2, 0.25) is 0 Å². The summed E-state index contributed by atoms with van der Waals surface area (Å²) in [7, 11) is -3.57. The molecule has 2 aliphatic rings. The summed E-state index contributed by atoms with van der Waals surface area (Å²) in [5.41, 5.74) is 3.27. The van der Waals surface area contributed by atoms with Gasteiger partial charge in [0.15, 0.2) is 12.4 Å². The number of hydrogen-bond donors (Lipinski definition) is 0. The largest absolute Gasteiger partial charge is 0.454 e. The van der Waals surface area contributed by atoms with Gasteiger partial charge in [0.25, 0.3) is 0 Å². The Morgan fingerprint density at radius 3 is 2.09 bits per heavy atom. The minimum atomic E-state index is -3.57. The van der Waals surface area contributed by atoms with Crippen LogP contribution in [0.15, 0.2) is 47.4 Å². The molecule has 0 amide bonds. The number of sulfonamides is 1. The van der Waals surface area contributed by atoms with Crippen LogP contribution in [0.4, 0.5) is 0 Å². The Bertz CT molecular complexity index is 1080. The molecular weight excluding hydrogens is 426 g/mol. The van der Waals surface area contributed by atoms with Gasteiger partial charge >= 0.3 is 5.97 Å². The van der Waals surface area contributed by atoms with Crippen LogP contribution in [0.1, 0.15) is 70.4 Å². The Morgan fingerprint density at radius 2 is 1.41 bits per heavy atom. The van der Waals surface area contributed by atoms with E-state index < -0.39 is 16.0 Å². The van der Waals surface area contributed by atoms with Crippen molar-refractivity contribution in [1.82, 2.24) is 4.31 Å². The van der Waals surface area contributed by atoms with E-state index in [-0.39, 0.29) is 22.8 Å². The van der Waals surface area contributed by atoms with Crippen LogP contribution in [-0.2, 0) is 27.6 Å². The summed E-state index contributed by atoms with van der Waals surface area (Å²) in [6.07, 6.45) is 8.13. The second-order valence-corrected chi connectivity index (χ2v) is 10.5. The summed E-state index contributed by atoms with van der Waals surface area (Å²) in [6.45, 7) is 0.708. The van der Waals surface area contributed by atoms with Crippen LogP contribution < -0.4 is 0 Å². The highest BCUT2D eigenvalue weighted by Crippen LogP contribution is 2.23. The summed E-state index contributed by atoms with van der Waals surface area (Å²) in [6, 6.07) is 11.4. The van der Waals surface area contributed by atoms with Gasteiger partial charge in [-0.3, -0.25) is 4.79 Å². The van der Waals surface area contributed by atoms with Crippen LogP contribution in [0.5, 0.6) is 0 Å². The smallest absolute Gasteiger partial charge is 0.338 e. The molecule has 1 saturated heterocycles. The molecule has 1 fully saturated rings. The summed E-state index contributed by atoms with van der Waals surface area (Å²) >= 11 is 0. The molecule has 1 heterocycles. The van der Waals surface area contributed by atoms with Gasteiger partial charge in [0, 0.05) is 18.7 Å². The number of carbonyl (C=O) groups is 2. The molecule has 1 aliphatic carbocycles. The van der Waals surface area contributed by atoms with Gasteiger partial charge in [0.2, 0.25) is 10.0 Å². The topological polar surface area (TPSA) is 80.8 Å². The van der Waals surface area contributed by atoms with E-state index in [4.69, 9.17) is 4.74 Å². The molecule has 0 atom stereocenters. The second kappa shape index (κ2) is 9.96. The lowest BCUT2D eigenvalue weighted by molar-refractivity contribution is 0.0474. The van der Waals surface area contributed by atoms with E-state index in [0.717, 1.165) is 44.9 Å². The van der Waals surface area contributed by atoms with Crippen molar-refractivity contribution in [3.63, 3.8) is 0 Å². The van der Waals surface area contributed by atoms with Gasteiger partial charge in [-0.05, 0) is 80.0 Å². The van der Waals surface area contributed by atoms with Crippen molar-refractivity contribution < 1.29 is 22.7 Å². The third kappa shape index (κ3) is 5.10. The van der Waals surface area contributed by atoms with Gasteiger partial charge in [0.05, 0.1) is 10.5 Å². The second-order valence-electron chi connectivity index (χ2n) is 8.53. The fourth-order valence-corrected chi connectivity index (χ4v) is 5.92. The van der Waals surface area contributed by atoms with Gasteiger partial charge in [-0.15, -0.1) is 0 Å².